The minimum absolute atomic E-state index is 0.0673. The maximum atomic E-state index is 12.4. The van der Waals surface area contributed by atoms with Gasteiger partial charge in [-0.05, 0) is 54.9 Å². The van der Waals surface area contributed by atoms with Crippen molar-refractivity contribution >= 4 is 32.6 Å². The quantitative estimate of drug-likeness (QED) is 0.451. The first-order chi connectivity index (χ1) is 14.7. The van der Waals surface area contributed by atoms with Gasteiger partial charge in [0.25, 0.3) is 5.56 Å². The highest BCUT2D eigenvalue weighted by Crippen LogP contribution is 2.36. The van der Waals surface area contributed by atoms with E-state index in [4.69, 9.17) is 4.42 Å². The average molecular weight is 400 g/mol. The molecule has 0 atom stereocenters. The summed E-state index contributed by atoms with van der Waals surface area (Å²) in [6, 6.07) is 12.3. The number of nitrogens with zero attached hydrogens (tertiary/aromatic N) is 3. The number of nitrogens with one attached hydrogen (secondary N) is 1. The van der Waals surface area contributed by atoms with Gasteiger partial charge in [-0.2, -0.15) is 0 Å². The van der Waals surface area contributed by atoms with Gasteiger partial charge in [0.15, 0.2) is 0 Å². The molecule has 0 spiro atoms. The number of H-pyrrole nitrogens is 1. The minimum Gasteiger partial charge on any atom is -0.445 e. The van der Waals surface area contributed by atoms with Crippen LogP contribution in [0.25, 0.3) is 44.0 Å². The highest BCUT2D eigenvalue weighted by atomic mass is 16.3. The van der Waals surface area contributed by atoms with Crippen molar-refractivity contribution in [3.05, 3.63) is 65.4 Å². The van der Waals surface area contributed by atoms with Crippen LogP contribution in [-0.4, -0.2) is 39.1 Å². The molecule has 5 rings (SSSR count). The molecule has 0 amide bonds. The highest BCUT2D eigenvalue weighted by molar-refractivity contribution is 6.21. The number of rotatable bonds is 6. The van der Waals surface area contributed by atoms with E-state index in [0.717, 1.165) is 58.9 Å². The number of oxazole rings is 1. The fourth-order valence-corrected chi connectivity index (χ4v) is 4.39. The zero-order valence-corrected chi connectivity index (χ0v) is 17.2. The first-order valence-electron chi connectivity index (χ1n) is 10.4. The summed E-state index contributed by atoms with van der Waals surface area (Å²) in [5, 5.41) is 3.87. The zero-order chi connectivity index (χ0) is 20.7. The van der Waals surface area contributed by atoms with Crippen molar-refractivity contribution in [3.8, 4) is 11.5 Å². The molecule has 152 valence electrons. The number of pyridine rings is 1. The van der Waals surface area contributed by atoms with Crippen molar-refractivity contribution in [2.45, 2.75) is 20.4 Å². The number of aromatic nitrogens is 3. The topological polar surface area (TPSA) is 67.1 Å². The molecule has 5 aromatic rings. The van der Waals surface area contributed by atoms with Crippen molar-refractivity contribution in [1.29, 1.82) is 0 Å². The first kappa shape index (κ1) is 18.6. The maximum absolute atomic E-state index is 12.4. The molecule has 0 saturated heterocycles. The average Bonchev–Trinajstić information content (AvgIpc) is 3.41. The Labute approximate surface area is 173 Å². The predicted octanol–water partition coefficient (Wildman–Crippen LogP) is 4.63. The first-order valence-corrected chi connectivity index (χ1v) is 10.4. The molecule has 0 fully saturated rings. The van der Waals surface area contributed by atoms with E-state index in [-0.39, 0.29) is 5.56 Å². The lowest BCUT2D eigenvalue weighted by atomic mass is 10.0. The summed E-state index contributed by atoms with van der Waals surface area (Å²) in [6.45, 7) is 8.30. The van der Waals surface area contributed by atoms with Crippen LogP contribution in [0, 0.1) is 0 Å². The Morgan fingerprint density at radius 2 is 1.87 bits per heavy atom. The number of hydrogen-bond acceptors (Lipinski definition) is 4. The zero-order valence-electron chi connectivity index (χ0n) is 17.2. The van der Waals surface area contributed by atoms with E-state index in [9.17, 15) is 4.79 Å². The van der Waals surface area contributed by atoms with Crippen LogP contribution in [-0.2, 0) is 6.54 Å². The maximum Gasteiger partial charge on any atom is 0.255 e. The fourth-order valence-electron chi connectivity index (χ4n) is 4.39. The van der Waals surface area contributed by atoms with Crippen LogP contribution in [0.2, 0.25) is 0 Å². The molecule has 0 unspecified atom stereocenters. The molecule has 30 heavy (non-hydrogen) atoms. The van der Waals surface area contributed by atoms with E-state index in [1.807, 2.05) is 12.1 Å². The monoisotopic (exact) mass is 400 g/mol. The molecule has 0 aliphatic rings. The summed E-state index contributed by atoms with van der Waals surface area (Å²) in [5.74, 6) is 0.596. The van der Waals surface area contributed by atoms with Crippen LogP contribution < -0.4 is 5.56 Å². The van der Waals surface area contributed by atoms with Crippen molar-refractivity contribution in [1.82, 2.24) is 19.4 Å². The van der Waals surface area contributed by atoms with E-state index >= 15 is 0 Å². The van der Waals surface area contributed by atoms with Gasteiger partial charge >= 0.3 is 0 Å². The van der Waals surface area contributed by atoms with Crippen LogP contribution in [0.4, 0.5) is 0 Å². The van der Waals surface area contributed by atoms with Crippen LogP contribution >= 0.6 is 0 Å². The van der Waals surface area contributed by atoms with Gasteiger partial charge in [-0.1, -0.05) is 13.8 Å². The van der Waals surface area contributed by atoms with E-state index in [1.165, 1.54) is 0 Å². The van der Waals surface area contributed by atoms with Gasteiger partial charge in [0.1, 0.15) is 6.26 Å². The van der Waals surface area contributed by atoms with Gasteiger partial charge in [0.2, 0.25) is 5.89 Å². The Kier molecular flexibility index (Phi) is 4.64. The molecule has 6 nitrogen and oxygen atoms in total. The second-order valence-electron chi connectivity index (χ2n) is 7.48. The van der Waals surface area contributed by atoms with Crippen LogP contribution in [0.1, 0.15) is 13.8 Å². The SMILES string of the molecule is CCN(CC)CCn1c2ccc(-c3ncco3)cc2c2c3cc[nH]c(=O)c3ccc21. The Morgan fingerprint density at radius 3 is 2.63 bits per heavy atom. The molecule has 2 aromatic carbocycles. The third-order valence-electron chi connectivity index (χ3n) is 5.99. The van der Waals surface area contributed by atoms with Crippen LogP contribution in [0.5, 0.6) is 0 Å². The number of aromatic amines is 1. The predicted molar refractivity (Wildman–Crippen MR) is 121 cm³/mol. The molecular formula is C24H24N4O2. The molecule has 1 N–H and O–H groups in total. The molecule has 6 heteroatoms. The van der Waals surface area contributed by atoms with E-state index < -0.39 is 0 Å². The second kappa shape index (κ2) is 7.46. The van der Waals surface area contributed by atoms with E-state index in [0.29, 0.717) is 11.3 Å². The number of benzene rings is 2. The van der Waals surface area contributed by atoms with Crippen molar-refractivity contribution in [3.63, 3.8) is 0 Å². The molecule has 3 heterocycles. The van der Waals surface area contributed by atoms with Crippen LogP contribution in [0.3, 0.4) is 0 Å². The summed E-state index contributed by atoms with van der Waals surface area (Å²) >= 11 is 0. The summed E-state index contributed by atoms with van der Waals surface area (Å²) in [7, 11) is 0. The van der Waals surface area contributed by atoms with Gasteiger partial charge in [-0.25, -0.2) is 4.98 Å². The molecular weight excluding hydrogens is 376 g/mol. The Balaban J connectivity index is 1.81. The Hall–Kier alpha value is -3.38. The molecule has 0 aliphatic heterocycles. The van der Waals surface area contributed by atoms with Gasteiger partial charge in [0, 0.05) is 52.0 Å². The van der Waals surface area contributed by atoms with Gasteiger partial charge in [-0.15, -0.1) is 0 Å². The van der Waals surface area contributed by atoms with Gasteiger partial charge in [0.05, 0.1) is 6.20 Å². The minimum atomic E-state index is -0.0673. The normalized spacial score (nSPS) is 12.0. The number of hydrogen-bond donors (Lipinski definition) is 1. The van der Waals surface area contributed by atoms with E-state index in [2.05, 4.69) is 57.5 Å². The summed E-state index contributed by atoms with van der Waals surface area (Å²) in [4.78, 5) is 21.9. The van der Waals surface area contributed by atoms with Gasteiger partial charge in [-0.3, -0.25) is 4.79 Å². The van der Waals surface area contributed by atoms with E-state index in [1.54, 1.807) is 18.7 Å². The lowest BCUT2D eigenvalue weighted by Crippen LogP contribution is -2.26. The fraction of sp³-hybridized carbons (Fsp3) is 0.250. The molecule has 0 saturated carbocycles. The molecule has 0 bridgehead atoms. The third-order valence-corrected chi connectivity index (χ3v) is 5.99. The molecule has 3 aromatic heterocycles. The largest absolute Gasteiger partial charge is 0.445 e. The lowest BCUT2D eigenvalue weighted by Gasteiger charge is -2.19. The van der Waals surface area contributed by atoms with Crippen LogP contribution in [0.15, 0.2) is 64.3 Å². The lowest BCUT2D eigenvalue weighted by molar-refractivity contribution is 0.293. The summed E-state index contributed by atoms with van der Waals surface area (Å²) < 4.78 is 7.89. The highest BCUT2D eigenvalue weighted by Gasteiger charge is 2.16. The van der Waals surface area contributed by atoms with Crippen molar-refractivity contribution in [2.24, 2.45) is 0 Å². The third kappa shape index (κ3) is 2.92. The number of likely N-dealkylation sites (N-methyl/N-ethyl adjacent to an activating group) is 1. The Morgan fingerprint density at radius 1 is 1.03 bits per heavy atom. The Bertz CT molecular complexity index is 1390. The number of fused-ring (bicyclic) bond motifs is 5. The summed E-state index contributed by atoms with van der Waals surface area (Å²) in [6.07, 6.45) is 4.96. The standard InChI is InChI=1S/C24H24N4O2/c1-3-27(4-2)12-13-28-20-7-5-16(24-26-11-14-30-24)15-19(20)22-17-9-10-25-23(29)18(17)6-8-21(22)28/h5-11,14-15H,3-4,12-13H2,1-2H3,(H,25,29). The second-order valence-corrected chi connectivity index (χ2v) is 7.48. The van der Waals surface area contributed by atoms with Crippen molar-refractivity contribution < 1.29 is 4.42 Å². The molecule has 0 aliphatic carbocycles. The van der Waals surface area contributed by atoms with Gasteiger partial charge < -0.3 is 18.9 Å². The smallest absolute Gasteiger partial charge is 0.255 e. The summed E-state index contributed by atoms with van der Waals surface area (Å²) in [5.41, 5.74) is 3.15. The van der Waals surface area contributed by atoms with Crippen molar-refractivity contribution in [2.75, 3.05) is 19.6 Å². The molecule has 0 radical (unpaired) electrons.